The van der Waals surface area contributed by atoms with Gasteiger partial charge in [0.1, 0.15) is 5.82 Å². The predicted molar refractivity (Wildman–Crippen MR) is 74.4 cm³/mol. The molecule has 0 amide bonds. The zero-order valence-electron chi connectivity index (χ0n) is 10.5. The summed E-state index contributed by atoms with van der Waals surface area (Å²) in [5, 5.41) is 8.77. The second kappa shape index (κ2) is 4.67. The smallest absolute Gasteiger partial charge is 0.201 e. The van der Waals surface area contributed by atoms with E-state index >= 15 is 0 Å². The van der Waals surface area contributed by atoms with Gasteiger partial charge in [0.2, 0.25) is 5.95 Å². The van der Waals surface area contributed by atoms with Crippen LogP contribution in [0, 0.1) is 17.1 Å². The van der Waals surface area contributed by atoms with E-state index in [4.69, 9.17) is 11.0 Å². The second-order valence-electron chi connectivity index (χ2n) is 4.50. The van der Waals surface area contributed by atoms with Gasteiger partial charge in [0.25, 0.3) is 0 Å². The molecular formula is C15H11FN4. The predicted octanol–water partition coefficient (Wildman–Crippen LogP) is 2.68. The summed E-state index contributed by atoms with van der Waals surface area (Å²) < 4.78 is 15.1. The van der Waals surface area contributed by atoms with Crippen LogP contribution in [-0.4, -0.2) is 9.55 Å². The molecule has 0 saturated heterocycles. The van der Waals surface area contributed by atoms with Crippen molar-refractivity contribution < 1.29 is 4.39 Å². The van der Waals surface area contributed by atoms with E-state index in [-0.39, 0.29) is 5.82 Å². The Morgan fingerprint density at radius 3 is 2.65 bits per heavy atom. The topological polar surface area (TPSA) is 67.6 Å². The van der Waals surface area contributed by atoms with Crippen molar-refractivity contribution in [1.29, 1.82) is 5.26 Å². The highest BCUT2D eigenvalue weighted by atomic mass is 19.1. The summed E-state index contributed by atoms with van der Waals surface area (Å²) in [4.78, 5) is 4.21. The van der Waals surface area contributed by atoms with Crippen molar-refractivity contribution in [2.24, 2.45) is 0 Å². The summed E-state index contributed by atoms with van der Waals surface area (Å²) in [5.41, 5.74) is 8.78. The first-order valence-corrected chi connectivity index (χ1v) is 6.07. The Morgan fingerprint density at radius 1 is 1.20 bits per heavy atom. The summed E-state index contributed by atoms with van der Waals surface area (Å²) in [6.45, 7) is 0.484. The summed E-state index contributed by atoms with van der Waals surface area (Å²) in [6, 6.07) is 13.6. The zero-order valence-corrected chi connectivity index (χ0v) is 10.5. The van der Waals surface area contributed by atoms with Gasteiger partial charge in [-0.15, -0.1) is 0 Å². The molecule has 0 bridgehead atoms. The van der Waals surface area contributed by atoms with Gasteiger partial charge in [0.15, 0.2) is 0 Å². The van der Waals surface area contributed by atoms with Gasteiger partial charge in [-0.25, -0.2) is 9.37 Å². The fourth-order valence-corrected chi connectivity index (χ4v) is 2.15. The van der Waals surface area contributed by atoms with E-state index in [1.165, 1.54) is 12.1 Å². The van der Waals surface area contributed by atoms with Crippen LogP contribution < -0.4 is 5.73 Å². The van der Waals surface area contributed by atoms with Crippen molar-refractivity contribution >= 4 is 17.0 Å². The third kappa shape index (κ3) is 2.08. The van der Waals surface area contributed by atoms with Crippen LogP contribution in [0.5, 0.6) is 0 Å². The van der Waals surface area contributed by atoms with Gasteiger partial charge < -0.3 is 10.3 Å². The largest absolute Gasteiger partial charge is 0.369 e. The summed E-state index contributed by atoms with van der Waals surface area (Å²) in [6.07, 6.45) is 0. The van der Waals surface area contributed by atoms with E-state index in [1.54, 1.807) is 22.8 Å². The van der Waals surface area contributed by atoms with E-state index in [2.05, 4.69) is 11.1 Å². The summed E-state index contributed by atoms with van der Waals surface area (Å²) >= 11 is 0. The highest BCUT2D eigenvalue weighted by molar-refractivity contribution is 5.78. The van der Waals surface area contributed by atoms with E-state index in [1.807, 2.05) is 12.1 Å². The molecule has 2 aromatic carbocycles. The molecule has 0 aliphatic heterocycles. The maximum Gasteiger partial charge on any atom is 0.201 e. The Hall–Kier alpha value is -2.87. The molecular weight excluding hydrogens is 255 g/mol. The number of anilines is 1. The van der Waals surface area contributed by atoms with Gasteiger partial charge in [-0.2, -0.15) is 5.26 Å². The maximum atomic E-state index is 13.3. The summed E-state index contributed by atoms with van der Waals surface area (Å²) in [5.74, 6) is 0.0217. The molecule has 0 saturated carbocycles. The number of nitriles is 1. The molecule has 20 heavy (non-hydrogen) atoms. The first-order valence-electron chi connectivity index (χ1n) is 6.07. The van der Waals surface area contributed by atoms with Crippen LogP contribution in [0.2, 0.25) is 0 Å². The van der Waals surface area contributed by atoms with Gasteiger partial charge in [0.05, 0.1) is 29.2 Å². The number of nitrogens with zero attached hydrogens (tertiary/aromatic N) is 3. The van der Waals surface area contributed by atoms with Crippen LogP contribution in [0.15, 0.2) is 42.5 Å². The Morgan fingerprint density at radius 2 is 1.95 bits per heavy atom. The normalized spacial score (nSPS) is 10.6. The molecule has 3 rings (SSSR count). The number of hydrogen-bond donors (Lipinski definition) is 1. The lowest BCUT2D eigenvalue weighted by Gasteiger charge is -2.06. The summed E-state index contributed by atoms with van der Waals surface area (Å²) in [7, 11) is 0. The number of halogens is 1. The number of nitrogens with two attached hydrogens (primary N) is 1. The van der Waals surface area contributed by atoms with Crippen LogP contribution in [0.25, 0.3) is 11.0 Å². The lowest BCUT2D eigenvalue weighted by atomic mass is 10.1. The van der Waals surface area contributed by atoms with Crippen LogP contribution in [0.3, 0.4) is 0 Å². The number of rotatable bonds is 2. The first-order chi connectivity index (χ1) is 9.67. The second-order valence-corrected chi connectivity index (χ2v) is 4.50. The third-order valence-corrected chi connectivity index (χ3v) is 3.16. The lowest BCUT2D eigenvalue weighted by molar-refractivity contribution is 0.628. The van der Waals surface area contributed by atoms with E-state index in [0.29, 0.717) is 29.1 Å². The molecule has 0 radical (unpaired) electrons. The van der Waals surface area contributed by atoms with Crippen molar-refractivity contribution in [3.63, 3.8) is 0 Å². The van der Waals surface area contributed by atoms with Gasteiger partial charge in [-0.05, 0) is 35.9 Å². The van der Waals surface area contributed by atoms with Crippen molar-refractivity contribution in [2.45, 2.75) is 6.54 Å². The molecule has 0 spiro atoms. The fraction of sp³-hybridized carbons (Fsp3) is 0.0667. The lowest BCUT2D eigenvalue weighted by Crippen LogP contribution is -2.04. The Kier molecular flexibility index (Phi) is 2.84. The number of aromatic nitrogens is 2. The Bertz CT molecular complexity index is 812. The molecule has 5 heteroatoms. The van der Waals surface area contributed by atoms with Gasteiger partial charge in [0, 0.05) is 0 Å². The molecule has 98 valence electrons. The third-order valence-electron chi connectivity index (χ3n) is 3.16. The zero-order chi connectivity index (χ0) is 14.1. The highest BCUT2D eigenvalue weighted by Crippen LogP contribution is 2.20. The standard InChI is InChI=1S/C15H11FN4/c16-12-5-6-13-14(7-12)20(15(18)19-13)9-11-3-1-10(8-17)2-4-11/h1-7H,9H2,(H2,18,19). The van der Waals surface area contributed by atoms with Crippen molar-refractivity contribution in [3.8, 4) is 6.07 Å². The molecule has 4 nitrogen and oxygen atoms in total. The molecule has 0 aliphatic rings. The molecule has 0 atom stereocenters. The minimum Gasteiger partial charge on any atom is -0.369 e. The number of benzene rings is 2. The van der Waals surface area contributed by atoms with Crippen molar-refractivity contribution in [1.82, 2.24) is 9.55 Å². The Balaban J connectivity index is 2.03. The van der Waals surface area contributed by atoms with E-state index in [0.717, 1.165) is 5.56 Å². The number of hydrogen-bond acceptors (Lipinski definition) is 3. The fourth-order valence-electron chi connectivity index (χ4n) is 2.15. The highest BCUT2D eigenvalue weighted by Gasteiger charge is 2.09. The van der Waals surface area contributed by atoms with Gasteiger partial charge in [-0.1, -0.05) is 12.1 Å². The number of nitrogen functional groups attached to an aromatic ring is 1. The van der Waals surface area contributed by atoms with Crippen molar-refractivity contribution in [2.75, 3.05) is 5.73 Å². The van der Waals surface area contributed by atoms with Crippen LogP contribution in [-0.2, 0) is 6.54 Å². The van der Waals surface area contributed by atoms with E-state index < -0.39 is 0 Å². The van der Waals surface area contributed by atoms with Crippen LogP contribution in [0.4, 0.5) is 10.3 Å². The SMILES string of the molecule is N#Cc1ccc(Cn2c(N)nc3ccc(F)cc32)cc1. The molecule has 0 unspecified atom stereocenters. The van der Waals surface area contributed by atoms with Gasteiger partial charge >= 0.3 is 0 Å². The minimum atomic E-state index is -0.321. The Labute approximate surface area is 114 Å². The average molecular weight is 266 g/mol. The quantitative estimate of drug-likeness (QED) is 0.775. The van der Waals surface area contributed by atoms with Gasteiger partial charge in [-0.3, -0.25) is 0 Å². The molecule has 3 aromatic rings. The monoisotopic (exact) mass is 266 g/mol. The first kappa shape index (κ1) is 12.2. The van der Waals surface area contributed by atoms with Crippen molar-refractivity contribution in [3.05, 3.63) is 59.4 Å². The average Bonchev–Trinajstić information content (AvgIpc) is 2.76. The molecule has 1 heterocycles. The minimum absolute atomic E-state index is 0.321. The van der Waals surface area contributed by atoms with E-state index in [9.17, 15) is 4.39 Å². The molecule has 2 N–H and O–H groups in total. The molecule has 1 aromatic heterocycles. The van der Waals surface area contributed by atoms with Crippen LogP contribution in [0.1, 0.15) is 11.1 Å². The number of fused-ring (bicyclic) bond motifs is 1. The number of imidazole rings is 1. The van der Waals surface area contributed by atoms with Crippen LogP contribution >= 0.6 is 0 Å². The molecule has 0 fully saturated rings. The molecule has 0 aliphatic carbocycles. The maximum absolute atomic E-state index is 13.3.